The third kappa shape index (κ3) is 3.35. The molecule has 0 aromatic heterocycles. The van der Waals surface area contributed by atoms with Crippen LogP contribution in [0.25, 0.3) is 0 Å². The van der Waals surface area contributed by atoms with Crippen LogP contribution in [0.2, 0.25) is 5.02 Å². The third-order valence-electron chi connectivity index (χ3n) is 2.51. The average Bonchev–Trinajstić information content (AvgIpc) is 2.35. The molecule has 0 radical (unpaired) electrons. The van der Waals surface area contributed by atoms with Gasteiger partial charge in [-0.25, -0.2) is 8.42 Å². The predicted octanol–water partition coefficient (Wildman–Crippen LogP) is 1.19. The summed E-state index contributed by atoms with van der Waals surface area (Å²) in [5.74, 6) is 0.452. The van der Waals surface area contributed by atoms with Crippen molar-refractivity contribution in [2.24, 2.45) is 0 Å². The van der Waals surface area contributed by atoms with Crippen LogP contribution in [0.4, 0.5) is 0 Å². The number of hydrogen-bond acceptors (Lipinski definition) is 4. The SMILES string of the molecule is CNCCN(C)S(=O)(=O)c1ccc(OC)c(Cl)c1. The molecule has 18 heavy (non-hydrogen) atoms. The van der Waals surface area contributed by atoms with E-state index < -0.39 is 10.0 Å². The maximum atomic E-state index is 12.2. The second-order valence-corrected chi connectivity index (χ2v) is 6.18. The Morgan fingerprint density at radius 1 is 1.44 bits per heavy atom. The molecule has 102 valence electrons. The van der Waals surface area contributed by atoms with Crippen LogP contribution >= 0.6 is 11.6 Å². The van der Waals surface area contributed by atoms with Crippen LogP contribution in [0.5, 0.6) is 5.75 Å². The van der Waals surface area contributed by atoms with Gasteiger partial charge >= 0.3 is 0 Å². The molecule has 1 N–H and O–H groups in total. The number of benzene rings is 1. The van der Waals surface area contributed by atoms with Gasteiger partial charge in [-0.15, -0.1) is 0 Å². The first-order valence-corrected chi connectivity index (χ1v) is 7.19. The molecule has 1 aromatic carbocycles. The lowest BCUT2D eigenvalue weighted by molar-refractivity contribution is 0.414. The Hall–Kier alpha value is -0.820. The molecule has 0 bridgehead atoms. The number of sulfonamides is 1. The molecule has 1 aromatic rings. The Bertz CT molecular complexity index is 505. The van der Waals surface area contributed by atoms with Gasteiger partial charge in [0.15, 0.2) is 0 Å². The normalized spacial score (nSPS) is 11.8. The number of methoxy groups -OCH3 is 1. The minimum atomic E-state index is -3.51. The molecule has 0 spiro atoms. The summed E-state index contributed by atoms with van der Waals surface area (Å²) in [6.07, 6.45) is 0. The van der Waals surface area contributed by atoms with Crippen molar-refractivity contribution in [2.75, 3.05) is 34.3 Å². The molecule has 0 heterocycles. The smallest absolute Gasteiger partial charge is 0.242 e. The van der Waals surface area contributed by atoms with E-state index in [0.29, 0.717) is 18.8 Å². The Labute approximate surface area is 113 Å². The van der Waals surface area contributed by atoms with Gasteiger partial charge in [0.25, 0.3) is 0 Å². The fourth-order valence-electron chi connectivity index (χ4n) is 1.38. The van der Waals surface area contributed by atoms with Crippen molar-refractivity contribution in [3.05, 3.63) is 23.2 Å². The van der Waals surface area contributed by atoms with Gasteiger partial charge in [0.1, 0.15) is 5.75 Å². The monoisotopic (exact) mass is 292 g/mol. The lowest BCUT2D eigenvalue weighted by Gasteiger charge is -2.17. The zero-order valence-corrected chi connectivity index (χ0v) is 12.2. The molecule has 5 nitrogen and oxygen atoms in total. The maximum absolute atomic E-state index is 12.2. The summed E-state index contributed by atoms with van der Waals surface area (Å²) in [6, 6.07) is 4.42. The zero-order chi connectivity index (χ0) is 13.8. The van der Waals surface area contributed by atoms with E-state index in [9.17, 15) is 8.42 Å². The van der Waals surface area contributed by atoms with Gasteiger partial charge < -0.3 is 10.1 Å². The van der Waals surface area contributed by atoms with E-state index in [2.05, 4.69) is 5.32 Å². The highest BCUT2D eigenvalue weighted by Crippen LogP contribution is 2.27. The van der Waals surface area contributed by atoms with Gasteiger partial charge in [-0.05, 0) is 25.2 Å². The summed E-state index contributed by atoms with van der Waals surface area (Å²) in [5.41, 5.74) is 0. The maximum Gasteiger partial charge on any atom is 0.242 e. The van der Waals surface area contributed by atoms with E-state index in [-0.39, 0.29) is 9.92 Å². The van der Waals surface area contributed by atoms with Gasteiger partial charge in [-0.2, -0.15) is 4.31 Å². The predicted molar refractivity (Wildman–Crippen MR) is 71.7 cm³/mol. The highest BCUT2D eigenvalue weighted by molar-refractivity contribution is 7.89. The highest BCUT2D eigenvalue weighted by atomic mass is 35.5. The summed E-state index contributed by atoms with van der Waals surface area (Å²) in [5, 5.41) is 3.18. The largest absolute Gasteiger partial charge is 0.495 e. The van der Waals surface area contributed by atoms with Crippen molar-refractivity contribution in [3.63, 3.8) is 0 Å². The minimum Gasteiger partial charge on any atom is -0.495 e. The molecular formula is C11H17ClN2O3S. The summed E-state index contributed by atoms with van der Waals surface area (Å²) in [7, 11) is 1.28. The van der Waals surface area contributed by atoms with E-state index in [1.807, 2.05) is 0 Å². The third-order valence-corrected chi connectivity index (χ3v) is 4.66. The van der Waals surface area contributed by atoms with E-state index in [0.717, 1.165) is 0 Å². The van der Waals surface area contributed by atoms with E-state index >= 15 is 0 Å². The number of hydrogen-bond donors (Lipinski definition) is 1. The molecule has 0 fully saturated rings. The van der Waals surface area contributed by atoms with E-state index in [1.165, 1.54) is 30.6 Å². The molecule has 0 atom stereocenters. The summed E-state index contributed by atoms with van der Waals surface area (Å²) in [4.78, 5) is 0.159. The second-order valence-electron chi connectivity index (χ2n) is 3.73. The van der Waals surface area contributed by atoms with Gasteiger partial charge in [0.2, 0.25) is 10.0 Å². The van der Waals surface area contributed by atoms with Crippen LogP contribution in [0.1, 0.15) is 0 Å². The first-order valence-electron chi connectivity index (χ1n) is 5.38. The first kappa shape index (κ1) is 15.2. The van der Waals surface area contributed by atoms with Crippen LogP contribution in [-0.4, -0.2) is 47.0 Å². The molecule has 0 amide bonds. The number of nitrogens with zero attached hydrogens (tertiary/aromatic N) is 1. The standard InChI is InChI=1S/C11H17ClN2O3S/c1-13-6-7-14(2)18(15,16)9-4-5-11(17-3)10(12)8-9/h4-5,8,13H,6-7H2,1-3H3. The molecule has 7 heteroatoms. The summed E-state index contributed by atoms with van der Waals surface area (Å²) < 4.78 is 30.6. The molecule has 0 unspecified atom stereocenters. The topological polar surface area (TPSA) is 58.6 Å². The second kappa shape index (κ2) is 6.38. The molecule has 0 aliphatic rings. The van der Waals surface area contributed by atoms with Crippen molar-refractivity contribution >= 4 is 21.6 Å². The number of rotatable bonds is 6. The van der Waals surface area contributed by atoms with Gasteiger partial charge in [-0.1, -0.05) is 11.6 Å². The quantitative estimate of drug-likeness (QED) is 0.856. The fraction of sp³-hybridized carbons (Fsp3) is 0.455. The summed E-state index contributed by atoms with van der Waals surface area (Å²) >= 11 is 5.92. The lowest BCUT2D eigenvalue weighted by Crippen LogP contribution is -2.32. The first-order chi connectivity index (χ1) is 8.43. The van der Waals surface area contributed by atoms with Gasteiger partial charge in [0.05, 0.1) is 17.0 Å². The lowest BCUT2D eigenvalue weighted by atomic mass is 10.3. The van der Waals surface area contributed by atoms with Crippen LogP contribution in [0.15, 0.2) is 23.1 Å². The Kier molecular flexibility index (Phi) is 5.40. The molecule has 0 saturated heterocycles. The summed E-state index contributed by atoms with van der Waals surface area (Å²) in [6.45, 7) is 0.974. The number of nitrogens with one attached hydrogen (secondary N) is 1. The fourth-order valence-corrected chi connectivity index (χ4v) is 2.90. The van der Waals surface area contributed by atoms with Crippen molar-refractivity contribution in [3.8, 4) is 5.75 Å². The molecule has 0 saturated carbocycles. The Morgan fingerprint density at radius 3 is 2.61 bits per heavy atom. The average molecular weight is 293 g/mol. The molecular weight excluding hydrogens is 276 g/mol. The molecule has 0 aliphatic heterocycles. The van der Waals surface area contributed by atoms with Gasteiger partial charge in [0, 0.05) is 20.1 Å². The van der Waals surface area contributed by atoms with Gasteiger partial charge in [-0.3, -0.25) is 0 Å². The van der Waals surface area contributed by atoms with Crippen LogP contribution < -0.4 is 10.1 Å². The van der Waals surface area contributed by atoms with Crippen LogP contribution in [0, 0.1) is 0 Å². The number of likely N-dealkylation sites (N-methyl/N-ethyl adjacent to an activating group) is 2. The number of halogens is 1. The van der Waals surface area contributed by atoms with Crippen molar-refractivity contribution in [2.45, 2.75) is 4.90 Å². The minimum absolute atomic E-state index is 0.159. The Morgan fingerprint density at radius 2 is 2.11 bits per heavy atom. The highest BCUT2D eigenvalue weighted by Gasteiger charge is 2.21. The zero-order valence-electron chi connectivity index (χ0n) is 10.6. The van der Waals surface area contributed by atoms with Crippen molar-refractivity contribution in [1.82, 2.24) is 9.62 Å². The van der Waals surface area contributed by atoms with Crippen LogP contribution in [0.3, 0.4) is 0 Å². The van der Waals surface area contributed by atoms with Crippen molar-refractivity contribution < 1.29 is 13.2 Å². The molecule has 1 rings (SSSR count). The Balaban J connectivity index is 3.01. The van der Waals surface area contributed by atoms with Crippen LogP contribution in [-0.2, 0) is 10.0 Å². The number of ether oxygens (including phenoxy) is 1. The van der Waals surface area contributed by atoms with Crippen molar-refractivity contribution in [1.29, 1.82) is 0 Å². The molecule has 0 aliphatic carbocycles. The van der Waals surface area contributed by atoms with E-state index in [4.69, 9.17) is 16.3 Å². The van der Waals surface area contributed by atoms with E-state index in [1.54, 1.807) is 13.1 Å².